The van der Waals surface area contributed by atoms with Crippen LogP contribution in [-0.2, 0) is 9.53 Å². The molecule has 0 aliphatic heterocycles. The van der Waals surface area contributed by atoms with Gasteiger partial charge in [0, 0.05) is 6.42 Å². The molecule has 0 aromatic carbocycles. The molecule has 2 atom stereocenters. The first-order chi connectivity index (χ1) is 7.65. The minimum absolute atomic E-state index is 0.0861. The summed E-state index contributed by atoms with van der Waals surface area (Å²) in [7, 11) is 0. The zero-order chi connectivity index (χ0) is 13.3. The van der Waals surface area contributed by atoms with Gasteiger partial charge in [-0.2, -0.15) is 0 Å². The Morgan fingerprint density at radius 1 is 1.47 bits per heavy atom. The second kappa shape index (κ2) is 4.50. The van der Waals surface area contributed by atoms with E-state index in [1.54, 1.807) is 20.8 Å². The molecule has 1 fully saturated rings. The van der Waals surface area contributed by atoms with E-state index in [1.807, 2.05) is 0 Å². The molecule has 1 rings (SSSR count). The van der Waals surface area contributed by atoms with Gasteiger partial charge in [0.2, 0.25) is 0 Å². The molecule has 0 aromatic rings. The highest BCUT2D eigenvalue weighted by atomic mass is 19.1. The Labute approximate surface area is 99.3 Å². The van der Waals surface area contributed by atoms with Crippen molar-refractivity contribution in [2.75, 3.05) is 0 Å². The van der Waals surface area contributed by atoms with Crippen LogP contribution >= 0.6 is 0 Å². The van der Waals surface area contributed by atoms with E-state index in [1.165, 1.54) is 0 Å². The summed E-state index contributed by atoms with van der Waals surface area (Å²) in [6.07, 6.45) is -2.00. The number of hydrogen-bond acceptors (Lipinski definition) is 3. The summed E-state index contributed by atoms with van der Waals surface area (Å²) in [5.41, 5.74) is -2.24. The van der Waals surface area contributed by atoms with Gasteiger partial charge in [-0.15, -0.1) is 0 Å². The van der Waals surface area contributed by atoms with Gasteiger partial charge in [0.15, 0.2) is 0 Å². The van der Waals surface area contributed by atoms with Gasteiger partial charge in [0.1, 0.15) is 17.3 Å². The lowest BCUT2D eigenvalue weighted by Gasteiger charge is -2.27. The standard InChI is InChI=1S/C11H18FNO4/c1-10(2,3)17-9(16)13-11(8(14)15)5-4-7(12)6-11/h7H,4-6H2,1-3H3,(H,13,16)(H,14,15)/t7-,11-/m1/s1. The molecule has 5 nitrogen and oxygen atoms in total. The fourth-order valence-electron chi connectivity index (χ4n) is 1.85. The largest absolute Gasteiger partial charge is 0.480 e. The van der Waals surface area contributed by atoms with E-state index in [0.717, 1.165) is 0 Å². The molecule has 1 aliphatic carbocycles. The van der Waals surface area contributed by atoms with Gasteiger partial charge in [-0.25, -0.2) is 14.0 Å². The Balaban J connectivity index is 2.69. The van der Waals surface area contributed by atoms with Crippen molar-refractivity contribution in [3.63, 3.8) is 0 Å². The number of carboxylic acids is 1. The number of carbonyl (C=O) groups excluding carboxylic acids is 1. The lowest BCUT2D eigenvalue weighted by Crippen LogP contribution is -2.54. The van der Waals surface area contributed by atoms with Gasteiger partial charge in [-0.3, -0.25) is 0 Å². The number of carboxylic acid groups (broad SMARTS) is 1. The maximum Gasteiger partial charge on any atom is 0.408 e. The molecule has 17 heavy (non-hydrogen) atoms. The van der Waals surface area contributed by atoms with Crippen molar-refractivity contribution in [3.05, 3.63) is 0 Å². The number of carbonyl (C=O) groups is 2. The predicted molar refractivity (Wildman–Crippen MR) is 58.5 cm³/mol. The van der Waals surface area contributed by atoms with Crippen LogP contribution in [0.2, 0.25) is 0 Å². The van der Waals surface area contributed by atoms with E-state index in [2.05, 4.69) is 5.32 Å². The van der Waals surface area contributed by atoms with E-state index in [-0.39, 0.29) is 19.3 Å². The normalized spacial score (nSPS) is 28.8. The zero-order valence-corrected chi connectivity index (χ0v) is 10.2. The van der Waals surface area contributed by atoms with Crippen molar-refractivity contribution in [2.24, 2.45) is 0 Å². The number of alkyl halides is 1. The number of hydrogen-bond donors (Lipinski definition) is 2. The van der Waals surface area contributed by atoms with Crippen LogP contribution in [0.5, 0.6) is 0 Å². The minimum atomic E-state index is -1.53. The predicted octanol–water partition coefficient (Wildman–Crippen LogP) is 1.86. The fourth-order valence-corrected chi connectivity index (χ4v) is 1.85. The third kappa shape index (κ3) is 3.57. The number of amides is 1. The number of nitrogens with one attached hydrogen (secondary N) is 1. The fraction of sp³-hybridized carbons (Fsp3) is 0.818. The second-order valence-electron chi connectivity index (χ2n) is 5.35. The Morgan fingerprint density at radius 3 is 2.41 bits per heavy atom. The summed E-state index contributed by atoms with van der Waals surface area (Å²) < 4.78 is 18.1. The van der Waals surface area contributed by atoms with Crippen molar-refractivity contribution in [3.8, 4) is 0 Å². The van der Waals surface area contributed by atoms with Crippen LogP contribution in [0, 0.1) is 0 Å². The van der Waals surface area contributed by atoms with Crippen molar-refractivity contribution in [2.45, 2.75) is 57.3 Å². The Morgan fingerprint density at radius 2 is 2.06 bits per heavy atom. The van der Waals surface area contributed by atoms with Gasteiger partial charge in [-0.1, -0.05) is 0 Å². The van der Waals surface area contributed by atoms with Crippen molar-refractivity contribution >= 4 is 12.1 Å². The number of rotatable bonds is 2. The van der Waals surface area contributed by atoms with Gasteiger partial charge in [0.05, 0.1) is 0 Å². The maximum absolute atomic E-state index is 13.1. The first-order valence-electron chi connectivity index (χ1n) is 5.53. The number of ether oxygens (including phenoxy) is 1. The molecule has 0 heterocycles. The molecule has 0 unspecified atom stereocenters. The van der Waals surface area contributed by atoms with Crippen LogP contribution in [0.15, 0.2) is 0 Å². The highest BCUT2D eigenvalue weighted by Gasteiger charge is 2.47. The Hall–Kier alpha value is -1.33. The molecule has 98 valence electrons. The molecule has 2 N–H and O–H groups in total. The average Bonchev–Trinajstić information content (AvgIpc) is 2.44. The minimum Gasteiger partial charge on any atom is -0.480 e. The van der Waals surface area contributed by atoms with E-state index >= 15 is 0 Å². The molecule has 1 saturated carbocycles. The SMILES string of the molecule is CC(C)(C)OC(=O)N[C@]1(C(=O)O)CC[C@@H](F)C1. The van der Waals surface area contributed by atoms with Crippen LogP contribution < -0.4 is 5.32 Å². The van der Waals surface area contributed by atoms with Crippen molar-refractivity contribution in [1.82, 2.24) is 5.32 Å². The van der Waals surface area contributed by atoms with E-state index in [0.29, 0.717) is 0 Å². The smallest absolute Gasteiger partial charge is 0.408 e. The average molecular weight is 247 g/mol. The summed E-state index contributed by atoms with van der Waals surface area (Å²) >= 11 is 0. The van der Waals surface area contributed by atoms with Crippen LogP contribution in [-0.4, -0.2) is 34.5 Å². The van der Waals surface area contributed by atoms with E-state index in [4.69, 9.17) is 9.84 Å². The highest BCUT2D eigenvalue weighted by molar-refractivity contribution is 5.84. The Kier molecular flexibility index (Phi) is 3.64. The third-order valence-corrected chi connectivity index (χ3v) is 2.60. The summed E-state index contributed by atoms with van der Waals surface area (Å²) in [5, 5.41) is 11.4. The first-order valence-corrected chi connectivity index (χ1v) is 5.53. The second-order valence-corrected chi connectivity index (χ2v) is 5.35. The van der Waals surface area contributed by atoms with Crippen LogP contribution in [0.4, 0.5) is 9.18 Å². The van der Waals surface area contributed by atoms with Crippen LogP contribution in [0.1, 0.15) is 40.0 Å². The first kappa shape index (κ1) is 13.7. The molecular formula is C11H18FNO4. The monoisotopic (exact) mass is 247 g/mol. The van der Waals surface area contributed by atoms with Crippen molar-refractivity contribution in [1.29, 1.82) is 0 Å². The van der Waals surface area contributed by atoms with Crippen LogP contribution in [0.25, 0.3) is 0 Å². The molecule has 0 radical (unpaired) electrons. The molecule has 0 spiro atoms. The highest BCUT2D eigenvalue weighted by Crippen LogP contribution is 2.32. The molecular weight excluding hydrogens is 229 g/mol. The summed E-state index contributed by atoms with van der Waals surface area (Å²) in [6, 6.07) is 0. The van der Waals surface area contributed by atoms with Gasteiger partial charge in [-0.05, 0) is 33.6 Å². The zero-order valence-electron chi connectivity index (χ0n) is 10.2. The Bertz CT molecular complexity index is 326. The number of alkyl carbamates (subject to hydrolysis) is 1. The maximum atomic E-state index is 13.1. The molecule has 0 aromatic heterocycles. The van der Waals surface area contributed by atoms with E-state index < -0.39 is 29.4 Å². The molecule has 0 saturated heterocycles. The summed E-state index contributed by atoms with van der Waals surface area (Å²) in [6.45, 7) is 5.02. The summed E-state index contributed by atoms with van der Waals surface area (Å²) in [4.78, 5) is 22.6. The number of halogens is 1. The van der Waals surface area contributed by atoms with E-state index in [9.17, 15) is 14.0 Å². The number of aliphatic carboxylic acids is 1. The third-order valence-electron chi connectivity index (χ3n) is 2.60. The quantitative estimate of drug-likeness (QED) is 0.780. The van der Waals surface area contributed by atoms with Crippen molar-refractivity contribution < 1.29 is 23.8 Å². The molecule has 6 heteroatoms. The molecule has 0 bridgehead atoms. The van der Waals surface area contributed by atoms with Crippen LogP contribution in [0.3, 0.4) is 0 Å². The van der Waals surface area contributed by atoms with Gasteiger partial charge >= 0.3 is 12.1 Å². The topological polar surface area (TPSA) is 75.6 Å². The lowest BCUT2D eigenvalue weighted by molar-refractivity contribution is -0.144. The molecule has 1 aliphatic rings. The van der Waals surface area contributed by atoms with Gasteiger partial charge in [0.25, 0.3) is 0 Å². The molecule has 1 amide bonds. The van der Waals surface area contributed by atoms with Gasteiger partial charge < -0.3 is 15.2 Å². The summed E-state index contributed by atoms with van der Waals surface area (Å²) in [5.74, 6) is -1.22. The lowest BCUT2D eigenvalue weighted by atomic mass is 9.98.